The van der Waals surface area contributed by atoms with Crippen LogP contribution in [0.25, 0.3) is 0 Å². The number of carbonyl (C=O) groups excluding carboxylic acids is 1. The Labute approximate surface area is 123 Å². The molecule has 1 fully saturated rings. The molecule has 0 saturated carbocycles. The van der Waals surface area contributed by atoms with E-state index in [2.05, 4.69) is 15.0 Å². The van der Waals surface area contributed by atoms with Crippen LogP contribution in [0.15, 0.2) is 30.7 Å². The Balaban J connectivity index is 1.65. The molecule has 1 amide bonds. The first-order valence-electron chi connectivity index (χ1n) is 6.88. The van der Waals surface area contributed by atoms with Gasteiger partial charge < -0.3 is 15.5 Å². The molecule has 0 spiro atoms. The number of hydrogen-bond donors (Lipinski definition) is 1. The second-order valence-corrected chi connectivity index (χ2v) is 5.10. The van der Waals surface area contributed by atoms with Gasteiger partial charge in [0.2, 0.25) is 0 Å². The molecular formula is C14H18N6O. The predicted molar refractivity (Wildman–Crippen MR) is 80.0 cm³/mol. The summed E-state index contributed by atoms with van der Waals surface area (Å²) in [6, 6.07) is 3.66. The van der Waals surface area contributed by atoms with Crippen molar-refractivity contribution >= 4 is 17.4 Å². The minimum Gasteiger partial charge on any atom is -0.396 e. The Morgan fingerprint density at radius 2 is 2.05 bits per heavy atom. The fourth-order valence-corrected chi connectivity index (χ4v) is 2.51. The van der Waals surface area contributed by atoms with E-state index in [1.807, 2.05) is 17.0 Å². The zero-order valence-corrected chi connectivity index (χ0v) is 11.9. The molecule has 3 rings (SSSR count). The molecule has 3 heterocycles. The number of hydrogen-bond acceptors (Lipinski definition) is 5. The van der Waals surface area contributed by atoms with Crippen molar-refractivity contribution in [2.75, 3.05) is 36.8 Å². The highest BCUT2D eigenvalue weighted by atomic mass is 16.2. The highest BCUT2D eigenvalue weighted by Crippen LogP contribution is 2.21. The molecule has 0 unspecified atom stereocenters. The number of amides is 1. The Bertz CT molecular complexity index is 644. The van der Waals surface area contributed by atoms with Gasteiger partial charge in [-0.3, -0.25) is 9.48 Å². The van der Waals surface area contributed by atoms with Gasteiger partial charge in [-0.05, 0) is 12.1 Å². The summed E-state index contributed by atoms with van der Waals surface area (Å²) in [7, 11) is 1.80. The Morgan fingerprint density at radius 3 is 2.67 bits per heavy atom. The second kappa shape index (κ2) is 5.43. The molecule has 21 heavy (non-hydrogen) atoms. The molecule has 110 valence electrons. The molecule has 1 saturated heterocycles. The standard InChI is InChI=1S/C14H18N6O/c1-18-10-11(9-17-18)14(21)20-7-5-19(6-8-20)13-12(15)3-2-4-16-13/h2-4,9-10H,5-8,15H2,1H3. The van der Waals surface area contributed by atoms with Gasteiger partial charge in [0.25, 0.3) is 5.91 Å². The lowest BCUT2D eigenvalue weighted by Crippen LogP contribution is -2.49. The van der Waals surface area contributed by atoms with Crippen LogP contribution in [-0.2, 0) is 7.05 Å². The number of aromatic nitrogens is 3. The smallest absolute Gasteiger partial charge is 0.257 e. The molecule has 0 radical (unpaired) electrons. The summed E-state index contributed by atoms with van der Waals surface area (Å²) >= 11 is 0. The maximum atomic E-state index is 12.3. The summed E-state index contributed by atoms with van der Waals surface area (Å²) in [6.07, 6.45) is 5.08. The van der Waals surface area contributed by atoms with E-state index in [0.29, 0.717) is 24.3 Å². The van der Waals surface area contributed by atoms with Crippen molar-refractivity contribution in [1.82, 2.24) is 19.7 Å². The maximum absolute atomic E-state index is 12.3. The molecule has 7 heteroatoms. The highest BCUT2D eigenvalue weighted by Gasteiger charge is 2.24. The van der Waals surface area contributed by atoms with Crippen LogP contribution in [-0.4, -0.2) is 51.8 Å². The highest BCUT2D eigenvalue weighted by molar-refractivity contribution is 5.93. The van der Waals surface area contributed by atoms with Gasteiger partial charge in [-0.1, -0.05) is 0 Å². The van der Waals surface area contributed by atoms with Crippen LogP contribution in [0.1, 0.15) is 10.4 Å². The van der Waals surface area contributed by atoms with Gasteiger partial charge in [-0.2, -0.15) is 5.10 Å². The first kappa shape index (κ1) is 13.4. The number of piperazine rings is 1. The van der Waals surface area contributed by atoms with Crippen molar-refractivity contribution in [1.29, 1.82) is 0 Å². The molecule has 0 aliphatic carbocycles. The van der Waals surface area contributed by atoms with Crippen molar-refractivity contribution in [2.45, 2.75) is 0 Å². The van der Waals surface area contributed by atoms with E-state index in [1.165, 1.54) is 0 Å². The topological polar surface area (TPSA) is 80.3 Å². The quantitative estimate of drug-likeness (QED) is 0.862. The summed E-state index contributed by atoms with van der Waals surface area (Å²) in [6.45, 7) is 2.77. The van der Waals surface area contributed by atoms with E-state index in [4.69, 9.17) is 5.73 Å². The van der Waals surface area contributed by atoms with Gasteiger partial charge in [-0.15, -0.1) is 0 Å². The van der Waals surface area contributed by atoms with E-state index in [-0.39, 0.29) is 5.91 Å². The SMILES string of the molecule is Cn1cc(C(=O)N2CCN(c3ncccc3N)CC2)cn1. The predicted octanol–water partition coefficient (Wildman–Crippen LogP) is 0.360. The lowest BCUT2D eigenvalue weighted by atomic mass is 10.2. The lowest BCUT2D eigenvalue weighted by Gasteiger charge is -2.35. The number of nitrogens with two attached hydrogens (primary N) is 1. The first-order chi connectivity index (χ1) is 10.1. The normalized spacial score (nSPS) is 15.3. The van der Waals surface area contributed by atoms with Crippen LogP contribution in [0.2, 0.25) is 0 Å². The third kappa shape index (κ3) is 2.67. The van der Waals surface area contributed by atoms with Gasteiger partial charge in [0, 0.05) is 45.6 Å². The number of aryl methyl sites for hydroxylation is 1. The average Bonchev–Trinajstić information content (AvgIpc) is 2.94. The first-order valence-corrected chi connectivity index (χ1v) is 6.88. The van der Waals surface area contributed by atoms with Gasteiger partial charge in [-0.25, -0.2) is 4.98 Å². The van der Waals surface area contributed by atoms with Crippen LogP contribution in [0.5, 0.6) is 0 Å². The number of rotatable bonds is 2. The van der Waals surface area contributed by atoms with Crippen molar-refractivity contribution < 1.29 is 4.79 Å². The van der Waals surface area contributed by atoms with Crippen LogP contribution >= 0.6 is 0 Å². The molecule has 1 aliphatic rings. The molecule has 2 aromatic rings. The number of nitrogen functional groups attached to an aromatic ring is 1. The van der Waals surface area contributed by atoms with Crippen LogP contribution in [0.4, 0.5) is 11.5 Å². The molecular weight excluding hydrogens is 268 g/mol. The minimum atomic E-state index is 0.0248. The number of nitrogens with zero attached hydrogens (tertiary/aromatic N) is 5. The van der Waals surface area contributed by atoms with E-state index in [1.54, 1.807) is 30.3 Å². The van der Waals surface area contributed by atoms with E-state index in [0.717, 1.165) is 18.9 Å². The van der Waals surface area contributed by atoms with Crippen LogP contribution in [0.3, 0.4) is 0 Å². The Morgan fingerprint density at radius 1 is 1.29 bits per heavy atom. The second-order valence-electron chi connectivity index (χ2n) is 5.10. The van der Waals surface area contributed by atoms with Crippen LogP contribution in [0, 0.1) is 0 Å². The maximum Gasteiger partial charge on any atom is 0.257 e. The van der Waals surface area contributed by atoms with Gasteiger partial charge >= 0.3 is 0 Å². The third-order valence-corrected chi connectivity index (χ3v) is 3.64. The number of anilines is 2. The Hall–Kier alpha value is -2.57. The van der Waals surface area contributed by atoms with Gasteiger partial charge in [0.1, 0.15) is 0 Å². The Kier molecular flexibility index (Phi) is 3.47. The fourth-order valence-electron chi connectivity index (χ4n) is 2.51. The van der Waals surface area contributed by atoms with Crippen molar-refractivity contribution in [3.63, 3.8) is 0 Å². The fraction of sp³-hybridized carbons (Fsp3) is 0.357. The van der Waals surface area contributed by atoms with E-state index in [9.17, 15) is 4.79 Å². The van der Waals surface area contributed by atoms with Crippen molar-refractivity contribution in [3.05, 3.63) is 36.3 Å². The zero-order chi connectivity index (χ0) is 14.8. The van der Waals surface area contributed by atoms with E-state index >= 15 is 0 Å². The molecule has 2 aromatic heterocycles. The van der Waals surface area contributed by atoms with Crippen LogP contribution < -0.4 is 10.6 Å². The molecule has 1 aliphatic heterocycles. The average molecular weight is 286 g/mol. The molecule has 7 nitrogen and oxygen atoms in total. The molecule has 2 N–H and O–H groups in total. The summed E-state index contributed by atoms with van der Waals surface area (Å²) in [5.74, 6) is 0.822. The number of pyridine rings is 1. The van der Waals surface area contributed by atoms with E-state index < -0.39 is 0 Å². The molecule has 0 bridgehead atoms. The summed E-state index contributed by atoms with van der Waals surface area (Å²) in [5, 5.41) is 4.04. The van der Waals surface area contributed by atoms with Gasteiger partial charge in [0.05, 0.1) is 17.4 Å². The molecule has 0 atom stereocenters. The minimum absolute atomic E-state index is 0.0248. The van der Waals surface area contributed by atoms with Gasteiger partial charge in [0.15, 0.2) is 5.82 Å². The summed E-state index contributed by atoms with van der Waals surface area (Å²) in [5.41, 5.74) is 7.24. The molecule has 0 aromatic carbocycles. The zero-order valence-electron chi connectivity index (χ0n) is 11.9. The monoisotopic (exact) mass is 286 g/mol. The number of carbonyl (C=O) groups is 1. The summed E-state index contributed by atoms with van der Waals surface area (Å²) < 4.78 is 1.64. The van der Waals surface area contributed by atoms with Crippen molar-refractivity contribution in [2.24, 2.45) is 7.05 Å². The lowest BCUT2D eigenvalue weighted by molar-refractivity contribution is 0.0746. The largest absolute Gasteiger partial charge is 0.396 e. The van der Waals surface area contributed by atoms with Crippen molar-refractivity contribution in [3.8, 4) is 0 Å². The summed E-state index contributed by atoms with van der Waals surface area (Å²) in [4.78, 5) is 20.6. The third-order valence-electron chi connectivity index (χ3n) is 3.64.